The summed E-state index contributed by atoms with van der Waals surface area (Å²) in [6.07, 6.45) is 1.12. The number of aryl methyl sites for hydroxylation is 1. The van der Waals surface area contributed by atoms with Gasteiger partial charge in [-0.25, -0.2) is 4.39 Å². The molecule has 0 saturated carbocycles. The molecule has 0 spiro atoms. The lowest BCUT2D eigenvalue weighted by Gasteiger charge is -2.04. The maximum atomic E-state index is 13.2. The first-order valence-corrected chi connectivity index (χ1v) is 5.11. The minimum absolute atomic E-state index is 0.125. The van der Waals surface area contributed by atoms with Crippen LogP contribution in [0.3, 0.4) is 0 Å². The number of amides is 1. The van der Waals surface area contributed by atoms with Gasteiger partial charge in [0.25, 0.3) is 0 Å². The van der Waals surface area contributed by atoms with E-state index in [9.17, 15) is 9.18 Å². The number of carbonyl (C=O) groups excluding carboxylic acids is 1. The lowest BCUT2D eigenvalue weighted by Crippen LogP contribution is -2.23. The first kappa shape index (κ1) is 12.2. The second-order valence-electron chi connectivity index (χ2n) is 3.38. The molecule has 16 heavy (non-hydrogen) atoms. The van der Waals surface area contributed by atoms with E-state index < -0.39 is 0 Å². The van der Waals surface area contributed by atoms with Crippen LogP contribution in [0.5, 0.6) is 0 Å². The Morgan fingerprint density at radius 3 is 2.88 bits per heavy atom. The highest BCUT2D eigenvalue weighted by Crippen LogP contribution is 2.08. The predicted molar refractivity (Wildman–Crippen MR) is 58.0 cm³/mol. The molecular formula is C12H13FN2O. The molecule has 0 aliphatic rings. The van der Waals surface area contributed by atoms with Crippen LogP contribution in [-0.2, 0) is 11.2 Å². The van der Waals surface area contributed by atoms with Gasteiger partial charge in [-0.15, -0.1) is 0 Å². The molecule has 0 saturated heterocycles. The summed E-state index contributed by atoms with van der Waals surface area (Å²) in [6, 6.07) is 8.34. The second kappa shape index (κ2) is 6.57. The molecule has 0 fully saturated rings. The number of benzene rings is 1. The van der Waals surface area contributed by atoms with Crippen LogP contribution in [0.2, 0.25) is 0 Å². The fraction of sp³-hybridized carbons (Fsp3) is 0.333. The summed E-state index contributed by atoms with van der Waals surface area (Å²) >= 11 is 0. The Bertz CT molecular complexity index is 398. The van der Waals surface area contributed by atoms with Crippen molar-refractivity contribution in [3.8, 4) is 6.07 Å². The fourth-order valence-corrected chi connectivity index (χ4v) is 1.34. The number of nitriles is 1. The van der Waals surface area contributed by atoms with Gasteiger partial charge in [-0.05, 0) is 24.5 Å². The molecule has 0 unspecified atom stereocenters. The van der Waals surface area contributed by atoms with E-state index in [0.29, 0.717) is 24.9 Å². The quantitative estimate of drug-likeness (QED) is 0.769. The first-order chi connectivity index (χ1) is 7.74. The van der Waals surface area contributed by atoms with Crippen molar-refractivity contribution in [2.75, 3.05) is 6.54 Å². The molecule has 1 aromatic carbocycles. The van der Waals surface area contributed by atoms with Gasteiger partial charge in [0.05, 0.1) is 6.07 Å². The van der Waals surface area contributed by atoms with E-state index >= 15 is 0 Å². The maximum Gasteiger partial charge on any atom is 0.234 e. The maximum absolute atomic E-state index is 13.2. The van der Waals surface area contributed by atoms with Crippen LogP contribution in [0.4, 0.5) is 4.39 Å². The minimum atomic E-state index is -0.281. The summed E-state index contributed by atoms with van der Waals surface area (Å²) in [5.74, 6) is -0.498. The van der Waals surface area contributed by atoms with Gasteiger partial charge in [-0.3, -0.25) is 4.79 Å². The van der Waals surface area contributed by atoms with Gasteiger partial charge in [0, 0.05) is 6.54 Å². The first-order valence-electron chi connectivity index (χ1n) is 5.11. The average Bonchev–Trinajstić information content (AvgIpc) is 2.27. The molecule has 4 heteroatoms. The van der Waals surface area contributed by atoms with E-state index in [1.807, 2.05) is 0 Å². The Hall–Kier alpha value is -1.89. The number of carbonyl (C=O) groups is 1. The number of nitrogens with one attached hydrogen (secondary N) is 1. The molecule has 1 N–H and O–H groups in total. The molecule has 0 aromatic heterocycles. The van der Waals surface area contributed by atoms with Crippen LogP contribution in [0, 0.1) is 17.1 Å². The zero-order valence-electron chi connectivity index (χ0n) is 8.87. The molecule has 0 aliphatic carbocycles. The number of halogens is 1. The molecule has 1 rings (SSSR count). The Morgan fingerprint density at radius 1 is 1.44 bits per heavy atom. The van der Waals surface area contributed by atoms with E-state index in [0.717, 1.165) is 0 Å². The Labute approximate surface area is 93.9 Å². The fourth-order valence-electron chi connectivity index (χ4n) is 1.34. The molecule has 84 valence electrons. The van der Waals surface area contributed by atoms with E-state index in [4.69, 9.17) is 5.26 Å². The van der Waals surface area contributed by atoms with Crippen molar-refractivity contribution in [3.05, 3.63) is 35.6 Å². The van der Waals surface area contributed by atoms with Crippen LogP contribution >= 0.6 is 0 Å². The van der Waals surface area contributed by atoms with Gasteiger partial charge >= 0.3 is 0 Å². The third-order valence-corrected chi connectivity index (χ3v) is 2.14. The SMILES string of the molecule is N#CCC(=O)NCCCc1ccccc1F. The van der Waals surface area contributed by atoms with Crippen LogP contribution in [0.15, 0.2) is 24.3 Å². The normalized spacial score (nSPS) is 9.50. The smallest absolute Gasteiger partial charge is 0.234 e. The average molecular weight is 220 g/mol. The topological polar surface area (TPSA) is 52.9 Å². The van der Waals surface area contributed by atoms with Crippen LogP contribution in [-0.4, -0.2) is 12.5 Å². The van der Waals surface area contributed by atoms with E-state index in [2.05, 4.69) is 5.32 Å². The summed E-state index contributed by atoms with van der Waals surface area (Å²) in [5, 5.41) is 10.8. The van der Waals surface area contributed by atoms with Gasteiger partial charge < -0.3 is 5.32 Å². The highest BCUT2D eigenvalue weighted by molar-refractivity contribution is 5.77. The lowest BCUT2D eigenvalue weighted by atomic mass is 10.1. The molecular weight excluding hydrogens is 207 g/mol. The van der Waals surface area contributed by atoms with Gasteiger partial charge in [-0.2, -0.15) is 5.26 Å². The molecule has 0 bridgehead atoms. The zero-order chi connectivity index (χ0) is 11.8. The van der Waals surface area contributed by atoms with Crippen molar-refractivity contribution in [3.63, 3.8) is 0 Å². The van der Waals surface area contributed by atoms with Crippen molar-refractivity contribution >= 4 is 5.91 Å². The second-order valence-corrected chi connectivity index (χ2v) is 3.38. The largest absolute Gasteiger partial charge is 0.355 e. The highest BCUT2D eigenvalue weighted by Gasteiger charge is 2.01. The van der Waals surface area contributed by atoms with Crippen molar-refractivity contribution < 1.29 is 9.18 Å². The standard InChI is InChI=1S/C12H13FN2O/c13-11-6-2-1-4-10(11)5-3-9-15-12(16)7-8-14/h1-2,4,6H,3,5,7,9H2,(H,15,16). The van der Waals surface area contributed by atoms with Crippen molar-refractivity contribution in [2.45, 2.75) is 19.3 Å². The number of nitrogens with zero attached hydrogens (tertiary/aromatic N) is 1. The predicted octanol–water partition coefficient (Wildman–Crippen LogP) is 1.79. The Balaban J connectivity index is 2.24. The Kier molecular flexibility index (Phi) is 5.00. The van der Waals surface area contributed by atoms with Gasteiger partial charge in [0.15, 0.2) is 0 Å². The third-order valence-electron chi connectivity index (χ3n) is 2.14. The number of hydrogen-bond acceptors (Lipinski definition) is 2. The summed E-state index contributed by atoms with van der Waals surface area (Å²) in [5.41, 5.74) is 0.650. The van der Waals surface area contributed by atoms with Gasteiger partial charge in [0.1, 0.15) is 12.2 Å². The van der Waals surface area contributed by atoms with E-state index in [-0.39, 0.29) is 18.1 Å². The summed E-state index contributed by atoms with van der Waals surface area (Å²) in [4.78, 5) is 10.9. The zero-order valence-corrected chi connectivity index (χ0v) is 8.87. The molecule has 0 radical (unpaired) electrons. The molecule has 1 aromatic rings. The monoisotopic (exact) mass is 220 g/mol. The summed E-state index contributed by atoms with van der Waals surface area (Å²) in [6.45, 7) is 0.467. The molecule has 3 nitrogen and oxygen atoms in total. The molecule has 0 heterocycles. The van der Waals surface area contributed by atoms with E-state index in [1.165, 1.54) is 6.07 Å². The summed E-state index contributed by atoms with van der Waals surface area (Å²) < 4.78 is 13.2. The van der Waals surface area contributed by atoms with Crippen molar-refractivity contribution in [1.29, 1.82) is 5.26 Å². The minimum Gasteiger partial charge on any atom is -0.355 e. The van der Waals surface area contributed by atoms with Crippen LogP contribution in [0.25, 0.3) is 0 Å². The van der Waals surface area contributed by atoms with Crippen LogP contribution in [0.1, 0.15) is 18.4 Å². The van der Waals surface area contributed by atoms with Crippen molar-refractivity contribution in [1.82, 2.24) is 5.32 Å². The number of rotatable bonds is 5. The van der Waals surface area contributed by atoms with Crippen molar-refractivity contribution in [2.24, 2.45) is 0 Å². The third kappa shape index (κ3) is 4.09. The van der Waals surface area contributed by atoms with Gasteiger partial charge in [-0.1, -0.05) is 18.2 Å². The molecule has 1 amide bonds. The number of hydrogen-bond donors (Lipinski definition) is 1. The Morgan fingerprint density at radius 2 is 2.19 bits per heavy atom. The molecule has 0 atom stereocenters. The highest BCUT2D eigenvalue weighted by atomic mass is 19.1. The molecule has 0 aliphatic heterocycles. The summed E-state index contributed by atoms with van der Waals surface area (Å²) in [7, 11) is 0. The van der Waals surface area contributed by atoms with Gasteiger partial charge in [0.2, 0.25) is 5.91 Å². The lowest BCUT2D eigenvalue weighted by molar-refractivity contribution is -0.120. The van der Waals surface area contributed by atoms with E-state index in [1.54, 1.807) is 24.3 Å². The van der Waals surface area contributed by atoms with Crippen LogP contribution < -0.4 is 5.32 Å².